The molecule has 0 spiro atoms. The zero-order valence-electron chi connectivity index (χ0n) is 11.1. The maximum atomic E-state index is 12.2. The first-order valence-electron chi connectivity index (χ1n) is 5.84. The molecular weight excluding hydrogens is 332 g/mol. The molecule has 7 heteroatoms. The summed E-state index contributed by atoms with van der Waals surface area (Å²) in [4.78, 5) is 13.8. The van der Waals surface area contributed by atoms with Crippen LogP contribution in [0.25, 0.3) is 0 Å². The highest BCUT2D eigenvalue weighted by Crippen LogP contribution is 2.27. The predicted octanol–water partition coefficient (Wildman–Crippen LogP) is 1.89. The average molecular weight is 349 g/mol. The largest absolute Gasteiger partial charge is 0.339 e. The van der Waals surface area contributed by atoms with Crippen molar-refractivity contribution < 1.29 is 13.2 Å². The highest BCUT2D eigenvalue weighted by atomic mass is 79.9. The van der Waals surface area contributed by atoms with Gasteiger partial charge in [-0.3, -0.25) is 4.79 Å². The molecule has 0 radical (unpaired) electrons. The van der Waals surface area contributed by atoms with Crippen LogP contribution in [0.5, 0.6) is 0 Å². The van der Waals surface area contributed by atoms with Gasteiger partial charge in [-0.2, -0.15) is 0 Å². The summed E-state index contributed by atoms with van der Waals surface area (Å²) in [7, 11) is -3.87. The Kier molecular flexibility index (Phi) is 5.11. The first kappa shape index (κ1) is 16.1. The third kappa shape index (κ3) is 3.55. The SMILES string of the molecule is CCN(CC)C(=O)c1cc(C)c(Br)c(S(N)(=O)=O)c1. The van der Waals surface area contributed by atoms with Crippen molar-refractivity contribution in [2.75, 3.05) is 13.1 Å². The fourth-order valence-corrected chi connectivity index (χ4v) is 3.37. The van der Waals surface area contributed by atoms with Crippen molar-refractivity contribution in [2.24, 2.45) is 5.14 Å². The quantitative estimate of drug-likeness (QED) is 0.901. The van der Waals surface area contributed by atoms with Crippen molar-refractivity contribution >= 4 is 31.9 Å². The molecular formula is C12H17BrN2O3S. The van der Waals surface area contributed by atoms with Gasteiger partial charge in [-0.25, -0.2) is 13.6 Å². The normalized spacial score (nSPS) is 11.4. The van der Waals surface area contributed by atoms with Crippen molar-refractivity contribution in [3.8, 4) is 0 Å². The van der Waals surface area contributed by atoms with Crippen molar-refractivity contribution in [3.05, 3.63) is 27.7 Å². The number of carbonyl (C=O) groups is 1. The number of sulfonamides is 1. The fourth-order valence-electron chi connectivity index (χ4n) is 1.76. The van der Waals surface area contributed by atoms with E-state index in [0.717, 1.165) is 0 Å². The Morgan fingerprint density at radius 3 is 2.26 bits per heavy atom. The number of nitrogens with zero attached hydrogens (tertiary/aromatic N) is 1. The average Bonchev–Trinajstić information content (AvgIpc) is 2.32. The van der Waals surface area contributed by atoms with Crippen LogP contribution in [-0.4, -0.2) is 32.3 Å². The number of rotatable bonds is 4. The van der Waals surface area contributed by atoms with Gasteiger partial charge in [0.1, 0.15) is 0 Å². The topological polar surface area (TPSA) is 80.5 Å². The summed E-state index contributed by atoms with van der Waals surface area (Å²) in [6.45, 7) is 6.59. The van der Waals surface area contributed by atoms with Crippen molar-refractivity contribution in [1.29, 1.82) is 0 Å². The zero-order chi connectivity index (χ0) is 14.8. The van der Waals surface area contributed by atoms with E-state index in [1.807, 2.05) is 13.8 Å². The van der Waals surface area contributed by atoms with Crippen LogP contribution in [0.4, 0.5) is 0 Å². The molecule has 1 rings (SSSR count). The molecule has 0 atom stereocenters. The molecule has 0 aromatic heterocycles. The van der Waals surface area contributed by atoms with Gasteiger partial charge in [0.15, 0.2) is 0 Å². The third-order valence-corrected chi connectivity index (χ3v) is 5.08. The van der Waals surface area contributed by atoms with Crippen LogP contribution >= 0.6 is 15.9 Å². The highest BCUT2D eigenvalue weighted by molar-refractivity contribution is 9.10. The van der Waals surface area contributed by atoms with Crippen LogP contribution < -0.4 is 5.14 Å². The predicted molar refractivity (Wildman–Crippen MR) is 77.5 cm³/mol. The number of halogens is 1. The van der Waals surface area contributed by atoms with Crippen LogP contribution in [0.1, 0.15) is 29.8 Å². The number of carbonyl (C=O) groups excluding carboxylic acids is 1. The molecule has 2 N–H and O–H groups in total. The lowest BCUT2D eigenvalue weighted by Crippen LogP contribution is -2.30. The first-order valence-corrected chi connectivity index (χ1v) is 8.18. The molecule has 0 fully saturated rings. The number of benzene rings is 1. The molecule has 1 aromatic carbocycles. The van der Waals surface area contributed by atoms with Crippen molar-refractivity contribution in [2.45, 2.75) is 25.7 Å². The lowest BCUT2D eigenvalue weighted by atomic mass is 10.1. The summed E-state index contributed by atoms with van der Waals surface area (Å²) in [5.74, 6) is -0.203. The monoisotopic (exact) mass is 348 g/mol. The minimum Gasteiger partial charge on any atom is -0.339 e. The smallest absolute Gasteiger partial charge is 0.253 e. The number of hydrogen-bond donors (Lipinski definition) is 1. The molecule has 0 heterocycles. The maximum absolute atomic E-state index is 12.2. The summed E-state index contributed by atoms with van der Waals surface area (Å²) in [5.41, 5.74) is 0.982. The molecule has 0 bridgehead atoms. The maximum Gasteiger partial charge on any atom is 0.253 e. The summed E-state index contributed by atoms with van der Waals surface area (Å²) >= 11 is 3.19. The second-order valence-electron chi connectivity index (χ2n) is 4.13. The second-order valence-corrected chi connectivity index (χ2v) is 6.45. The van der Waals surface area contributed by atoms with Gasteiger partial charge in [0.25, 0.3) is 5.91 Å². The Bertz CT molecular complexity index is 595. The molecule has 1 amide bonds. The van der Waals surface area contributed by atoms with E-state index in [0.29, 0.717) is 28.7 Å². The van der Waals surface area contributed by atoms with Gasteiger partial charge >= 0.3 is 0 Å². The van der Waals surface area contributed by atoms with Gasteiger partial charge in [0.2, 0.25) is 10.0 Å². The first-order chi connectivity index (χ1) is 8.72. The van der Waals surface area contributed by atoms with Gasteiger partial charge in [-0.05, 0) is 54.4 Å². The van der Waals surface area contributed by atoms with Crippen molar-refractivity contribution in [1.82, 2.24) is 4.90 Å². The number of hydrogen-bond acceptors (Lipinski definition) is 3. The second kappa shape index (κ2) is 6.02. The van der Waals surface area contributed by atoms with Crippen molar-refractivity contribution in [3.63, 3.8) is 0 Å². The van der Waals surface area contributed by atoms with E-state index in [4.69, 9.17) is 5.14 Å². The number of nitrogens with two attached hydrogens (primary N) is 1. The van der Waals surface area contributed by atoms with E-state index >= 15 is 0 Å². The molecule has 0 aliphatic rings. The van der Waals surface area contributed by atoms with E-state index in [9.17, 15) is 13.2 Å². The van der Waals surface area contributed by atoms with E-state index in [-0.39, 0.29) is 10.8 Å². The zero-order valence-corrected chi connectivity index (χ0v) is 13.5. The molecule has 1 aromatic rings. The summed E-state index contributed by atoms with van der Waals surface area (Å²) in [6.07, 6.45) is 0. The van der Waals surface area contributed by atoms with E-state index < -0.39 is 10.0 Å². The van der Waals surface area contributed by atoms with E-state index in [1.54, 1.807) is 17.9 Å². The molecule has 0 unspecified atom stereocenters. The molecule has 5 nitrogen and oxygen atoms in total. The minimum atomic E-state index is -3.87. The summed E-state index contributed by atoms with van der Waals surface area (Å²) < 4.78 is 23.4. The highest BCUT2D eigenvalue weighted by Gasteiger charge is 2.20. The van der Waals surface area contributed by atoms with Gasteiger partial charge in [-0.1, -0.05) is 0 Å². The van der Waals surface area contributed by atoms with Crippen LogP contribution in [0.2, 0.25) is 0 Å². The fraction of sp³-hybridized carbons (Fsp3) is 0.417. The van der Waals surface area contributed by atoms with Gasteiger partial charge < -0.3 is 4.90 Å². The Labute approximate surface area is 122 Å². The molecule has 0 aliphatic heterocycles. The van der Waals surface area contributed by atoms with Crippen LogP contribution in [-0.2, 0) is 10.0 Å². The Morgan fingerprint density at radius 1 is 1.32 bits per heavy atom. The molecule has 19 heavy (non-hydrogen) atoms. The van der Waals surface area contributed by atoms with Crippen LogP contribution in [0.15, 0.2) is 21.5 Å². The van der Waals surface area contributed by atoms with Gasteiger partial charge in [0, 0.05) is 23.1 Å². The molecule has 106 valence electrons. The molecule has 0 saturated heterocycles. The molecule has 0 aliphatic carbocycles. The van der Waals surface area contributed by atoms with E-state index in [2.05, 4.69) is 15.9 Å². The lowest BCUT2D eigenvalue weighted by molar-refractivity contribution is 0.0772. The summed E-state index contributed by atoms with van der Waals surface area (Å²) in [5, 5.41) is 5.15. The number of primary sulfonamides is 1. The standard InChI is InChI=1S/C12H17BrN2O3S/c1-4-15(5-2)12(16)9-6-8(3)11(13)10(7-9)19(14,17)18/h6-7H,4-5H2,1-3H3,(H2,14,17,18). The van der Waals surface area contributed by atoms with E-state index in [1.165, 1.54) is 6.07 Å². The minimum absolute atomic E-state index is 0.0667. The Hall–Kier alpha value is -0.920. The van der Waals surface area contributed by atoms with Crippen LogP contribution in [0, 0.1) is 6.92 Å². The van der Waals surface area contributed by atoms with Crippen LogP contribution in [0.3, 0.4) is 0 Å². The van der Waals surface area contributed by atoms with Gasteiger partial charge in [0.05, 0.1) is 4.90 Å². The summed E-state index contributed by atoms with van der Waals surface area (Å²) in [6, 6.07) is 2.96. The number of aryl methyl sites for hydroxylation is 1. The van der Waals surface area contributed by atoms with Gasteiger partial charge in [-0.15, -0.1) is 0 Å². The lowest BCUT2D eigenvalue weighted by Gasteiger charge is -2.19. The Morgan fingerprint density at radius 2 is 1.84 bits per heavy atom. The third-order valence-electron chi connectivity index (χ3n) is 2.83. The Balaban J connectivity index is 3.40. The molecule has 0 saturated carbocycles. The number of amides is 1.